The Kier molecular flexibility index (Phi) is 4.18. The van der Waals surface area contributed by atoms with Gasteiger partial charge in [-0.3, -0.25) is 9.69 Å². The number of fused-ring (bicyclic) bond motifs is 1. The number of hydrogen-bond acceptors (Lipinski definition) is 7. The molecule has 122 valence electrons. The number of nitrogens with one attached hydrogen (secondary N) is 1. The Hall–Kier alpha value is -2.19. The lowest BCUT2D eigenvalue weighted by Crippen LogP contribution is -2.35. The lowest BCUT2D eigenvalue weighted by Gasteiger charge is -2.27. The molecule has 0 amide bonds. The van der Waals surface area contributed by atoms with Crippen LogP contribution in [0.25, 0.3) is 0 Å². The second-order valence-corrected chi connectivity index (χ2v) is 6.20. The van der Waals surface area contributed by atoms with Crippen molar-refractivity contribution < 1.29 is 15.3 Å². The molecule has 8 heteroatoms. The predicted octanol–water partition coefficient (Wildman–Crippen LogP) is 1.17. The first-order valence-corrected chi connectivity index (χ1v) is 8.33. The third kappa shape index (κ3) is 2.99. The highest BCUT2D eigenvalue weighted by molar-refractivity contribution is 7.98. The number of aromatic amines is 1. The molecule has 1 aliphatic heterocycles. The van der Waals surface area contributed by atoms with Crippen LogP contribution in [0.15, 0.2) is 22.1 Å². The highest BCUT2D eigenvalue weighted by Gasteiger charge is 2.22. The van der Waals surface area contributed by atoms with Gasteiger partial charge < -0.3 is 20.3 Å². The molecule has 1 aromatic heterocycles. The second kappa shape index (κ2) is 6.13. The van der Waals surface area contributed by atoms with Crippen LogP contribution in [0, 0.1) is 0 Å². The van der Waals surface area contributed by atoms with E-state index in [9.17, 15) is 20.1 Å². The molecule has 0 saturated carbocycles. The van der Waals surface area contributed by atoms with Crippen LogP contribution < -0.4 is 5.56 Å². The first-order valence-electron chi connectivity index (χ1n) is 7.10. The largest absolute Gasteiger partial charge is 0.504 e. The number of hydrogen-bond donors (Lipinski definition) is 4. The van der Waals surface area contributed by atoms with E-state index in [0.29, 0.717) is 42.3 Å². The first kappa shape index (κ1) is 15.7. The van der Waals surface area contributed by atoms with Gasteiger partial charge in [-0.2, -0.15) is 0 Å². The summed E-state index contributed by atoms with van der Waals surface area (Å²) in [7, 11) is 0. The number of aromatic nitrogens is 2. The lowest BCUT2D eigenvalue weighted by molar-refractivity contribution is 0.236. The van der Waals surface area contributed by atoms with Crippen LogP contribution >= 0.6 is 11.8 Å². The zero-order valence-corrected chi connectivity index (χ0v) is 13.4. The van der Waals surface area contributed by atoms with Crippen LogP contribution in [0.2, 0.25) is 0 Å². The molecule has 0 fully saturated rings. The minimum atomic E-state index is -0.524. The van der Waals surface area contributed by atoms with E-state index in [1.165, 1.54) is 17.8 Å². The minimum Gasteiger partial charge on any atom is -0.504 e. The molecule has 0 radical (unpaired) electrons. The summed E-state index contributed by atoms with van der Waals surface area (Å²) in [6.45, 7) is 1.48. The maximum absolute atomic E-state index is 12.1. The van der Waals surface area contributed by atoms with Crippen molar-refractivity contribution in [3.63, 3.8) is 0 Å². The Bertz CT molecular complexity index is 806. The molecule has 0 saturated heterocycles. The van der Waals surface area contributed by atoms with Crippen LogP contribution in [0.5, 0.6) is 17.2 Å². The SMILES string of the molecule is CSc1nc2c(c(=O)[nH]1)CN(Cc1ccc(O)c(O)c1O)CC2. The van der Waals surface area contributed by atoms with Crippen molar-refractivity contribution in [2.24, 2.45) is 0 Å². The van der Waals surface area contributed by atoms with E-state index in [1.54, 1.807) is 6.07 Å². The zero-order chi connectivity index (χ0) is 16.6. The van der Waals surface area contributed by atoms with Crippen molar-refractivity contribution >= 4 is 11.8 Å². The number of thioether (sulfide) groups is 1. The molecule has 0 atom stereocenters. The third-order valence-electron chi connectivity index (χ3n) is 3.93. The Balaban J connectivity index is 1.83. The quantitative estimate of drug-likeness (QED) is 0.379. The number of H-pyrrole nitrogens is 1. The van der Waals surface area contributed by atoms with Gasteiger partial charge in [-0.25, -0.2) is 4.98 Å². The molecule has 1 aromatic carbocycles. The van der Waals surface area contributed by atoms with Crippen molar-refractivity contribution in [2.45, 2.75) is 24.7 Å². The van der Waals surface area contributed by atoms with Gasteiger partial charge in [0.15, 0.2) is 16.7 Å². The maximum atomic E-state index is 12.1. The van der Waals surface area contributed by atoms with Crippen LogP contribution in [-0.4, -0.2) is 43.0 Å². The van der Waals surface area contributed by atoms with E-state index in [2.05, 4.69) is 9.97 Å². The normalized spacial score (nSPS) is 14.7. The van der Waals surface area contributed by atoms with Gasteiger partial charge in [0.25, 0.3) is 5.56 Å². The van der Waals surface area contributed by atoms with Crippen molar-refractivity contribution in [1.82, 2.24) is 14.9 Å². The van der Waals surface area contributed by atoms with Crippen LogP contribution in [0.1, 0.15) is 16.8 Å². The monoisotopic (exact) mass is 335 g/mol. The van der Waals surface area contributed by atoms with E-state index in [1.807, 2.05) is 11.2 Å². The van der Waals surface area contributed by atoms with Gasteiger partial charge in [0, 0.05) is 31.6 Å². The summed E-state index contributed by atoms with van der Waals surface area (Å²) in [5.41, 5.74) is 1.80. The number of aromatic hydroxyl groups is 3. The first-order chi connectivity index (χ1) is 11.0. The van der Waals surface area contributed by atoms with E-state index in [0.717, 1.165) is 5.69 Å². The van der Waals surface area contributed by atoms with Gasteiger partial charge in [-0.15, -0.1) is 0 Å². The molecule has 7 nitrogen and oxygen atoms in total. The highest BCUT2D eigenvalue weighted by atomic mass is 32.2. The van der Waals surface area contributed by atoms with E-state index in [-0.39, 0.29) is 17.1 Å². The average molecular weight is 335 g/mol. The number of phenolic OH excluding ortho intramolecular Hbond substituents is 3. The molecule has 1 aliphatic rings. The number of benzene rings is 1. The van der Waals surface area contributed by atoms with Crippen molar-refractivity contribution in [3.8, 4) is 17.2 Å². The van der Waals surface area contributed by atoms with Gasteiger partial charge in [0.1, 0.15) is 0 Å². The predicted molar refractivity (Wildman–Crippen MR) is 85.9 cm³/mol. The standard InChI is InChI=1S/C15H17N3O4S/c1-23-15-16-10-4-5-18(7-9(10)14(22)17-15)6-8-2-3-11(19)13(21)12(8)20/h2-3,19-21H,4-7H2,1H3,(H,16,17,22). The lowest BCUT2D eigenvalue weighted by atomic mass is 10.1. The van der Waals surface area contributed by atoms with Gasteiger partial charge >= 0.3 is 0 Å². The summed E-state index contributed by atoms with van der Waals surface area (Å²) in [5.74, 6) is -1.22. The Morgan fingerprint density at radius 3 is 2.83 bits per heavy atom. The van der Waals surface area contributed by atoms with E-state index < -0.39 is 5.75 Å². The number of nitrogens with zero attached hydrogens (tertiary/aromatic N) is 2. The Morgan fingerprint density at radius 1 is 1.30 bits per heavy atom. The summed E-state index contributed by atoms with van der Waals surface area (Å²) < 4.78 is 0. The van der Waals surface area contributed by atoms with Crippen molar-refractivity contribution in [1.29, 1.82) is 0 Å². The van der Waals surface area contributed by atoms with Crippen molar-refractivity contribution in [3.05, 3.63) is 39.3 Å². The maximum Gasteiger partial charge on any atom is 0.256 e. The summed E-state index contributed by atoms with van der Waals surface area (Å²) in [6, 6.07) is 2.89. The summed E-state index contributed by atoms with van der Waals surface area (Å²) in [6.07, 6.45) is 2.51. The molecular weight excluding hydrogens is 318 g/mol. The smallest absolute Gasteiger partial charge is 0.256 e. The molecule has 0 unspecified atom stereocenters. The fraction of sp³-hybridized carbons (Fsp3) is 0.333. The van der Waals surface area contributed by atoms with E-state index >= 15 is 0 Å². The fourth-order valence-electron chi connectivity index (χ4n) is 2.67. The number of rotatable bonds is 3. The Labute approximate surface area is 136 Å². The molecule has 2 aromatic rings. The second-order valence-electron chi connectivity index (χ2n) is 5.40. The minimum absolute atomic E-state index is 0.137. The van der Waals surface area contributed by atoms with Crippen LogP contribution in [-0.2, 0) is 19.5 Å². The van der Waals surface area contributed by atoms with Crippen molar-refractivity contribution in [2.75, 3.05) is 12.8 Å². The van der Waals surface area contributed by atoms with E-state index in [4.69, 9.17) is 0 Å². The Morgan fingerprint density at radius 2 is 2.09 bits per heavy atom. The van der Waals surface area contributed by atoms with Gasteiger partial charge in [-0.05, 0) is 12.3 Å². The van der Waals surface area contributed by atoms with Crippen LogP contribution in [0.4, 0.5) is 0 Å². The molecule has 2 heterocycles. The summed E-state index contributed by atoms with van der Waals surface area (Å²) >= 11 is 1.40. The van der Waals surface area contributed by atoms with Gasteiger partial charge in [0.05, 0.1) is 11.3 Å². The van der Waals surface area contributed by atoms with Gasteiger partial charge in [-0.1, -0.05) is 17.8 Å². The third-order valence-corrected chi connectivity index (χ3v) is 4.51. The molecule has 0 aliphatic carbocycles. The fourth-order valence-corrected chi connectivity index (χ4v) is 3.07. The van der Waals surface area contributed by atoms with Gasteiger partial charge in [0.2, 0.25) is 5.75 Å². The topological polar surface area (TPSA) is 110 Å². The summed E-state index contributed by atoms with van der Waals surface area (Å²) in [4.78, 5) is 21.3. The molecule has 4 N–H and O–H groups in total. The molecule has 3 rings (SSSR count). The zero-order valence-electron chi connectivity index (χ0n) is 12.5. The molecule has 0 bridgehead atoms. The molecule has 23 heavy (non-hydrogen) atoms. The number of phenols is 3. The average Bonchev–Trinajstić information content (AvgIpc) is 2.55. The molecule has 0 spiro atoms. The molecular formula is C15H17N3O4S. The summed E-state index contributed by atoms with van der Waals surface area (Å²) in [5, 5.41) is 29.5. The van der Waals surface area contributed by atoms with Crippen LogP contribution in [0.3, 0.4) is 0 Å². The highest BCUT2D eigenvalue weighted by Crippen LogP contribution is 2.37.